The second kappa shape index (κ2) is 8.40. The molecule has 0 aromatic carbocycles. The van der Waals surface area contributed by atoms with Crippen LogP contribution in [0.1, 0.15) is 57.1 Å². The molecule has 3 unspecified atom stereocenters. The van der Waals surface area contributed by atoms with Crippen molar-refractivity contribution in [3.63, 3.8) is 0 Å². The van der Waals surface area contributed by atoms with Gasteiger partial charge in [-0.05, 0) is 43.4 Å². The van der Waals surface area contributed by atoms with E-state index in [-0.39, 0.29) is 30.1 Å². The zero-order valence-corrected chi connectivity index (χ0v) is 14.7. The molecule has 1 aromatic heterocycles. The lowest BCUT2D eigenvalue weighted by atomic mass is 10.00. The van der Waals surface area contributed by atoms with E-state index >= 15 is 0 Å². The van der Waals surface area contributed by atoms with Crippen LogP contribution in [-0.2, 0) is 9.59 Å². The lowest BCUT2D eigenvalue weighted by Gasteiger charge is -2.35. The van der Waals surface area contributed by atoms with Crippen LogP contribution in [-0.4, -0.2) is 40.5 Å². The number of carbonyl (C=O) groups excluding carboxylic acids is 2. The van der Waals surface area contributed by atoms with E-state index in [4.69, 9.17) is 0 Å². The van der Waals surface area contributed by atoms with Crippen molar-refractivity contribution in [3.05, 3.63) is 30.1 Å². The van der Waals surface area contributed by atoms with Crippen LogP contribution in [0.5, 0.6) is 0 Å². The molecule has 25 heavy (non-hydrogen) atoms. The maximum absolute atomic E-state index is 12.7. The minimum Gasteiger partial charge on any atom is -0.338 e. The summed E-state index contributed by atoms with van der Waals surface area (Å²) in [6, 6.07) is 3.73. The van der Waals surface area contributed by atoms with Gasteiger partial charge in [0, 0.05) is 37.8 Å². The minimum atomic E-state index is -0.338. The predicted molar refractivity (Wildman–Crippen MR) is 94.1 cm³/mol. The summed E-state index contributed by atoms with van der Waals surface area (Å²) in [5, 5.41) is 3.05. The second-order valence-corrected chi connectivity index (χ2v) is 6.77. The van der Waals surface area contributed by atoms with Crippen LogP contribution >= 0.6 is 0 Å². The fraction of sp³-hybridized carbons (Fsp3) is 0.611. The Kier molecular flexibility index (Phi) is 5.99. The molecule has 0 spiro atoms. The van der Waals surface area contributed by atoms with E-state index in [0.717, 1.165) is 37.7 Å². The quantitative estimate of drug-likeness (QED) is 0.748. The Morgan fingerprint density at radius 3 is 2.84 bits per heavy atom. The molecule has 2 saturated heterocycles. The molecule has 2 aliphatic rings. The Morgan fingerprint density at radius 1 is 1.28 bits per heavy atom. The molecule has 136 valence electrons. The highest BCUT2D eigenvalue weighted by Gasteiger charge is 2.34. The van der Waals surface area contributed by atoms with Crippen molar-refractivity contribution in [3.8, 4) is 0 Å². The number of amides is 2. The average molecular weight is 345 g/mol. The lowest BCUT2D eigenvalue weighted by molar-refractivity contribution is -0.142. The standard InChI is InChI=1S/C18H27N5O2/c1-2-5-17(24)23-11-4-3-6-15(23)18(25)20-16-12-14(21-22-16)13-7-9-19-10-8-13/h7-10,14-16,21-22H,2-6,11-12H2,1H3,(H,20,25). The molecule has 3 heterocycles. The zero-order valence-electron chi connectivity index (χ0n) is 14.7. The number of aromatic nitrogens is 1. The van der Waals surface area contributed by atoms with Crippen molar-refractivity contribution in [2.24, 2.45) is 0 Å². The van der Waals surface area contributed by atoms with Crippen molar-refractivity contribution >= 4 is 11.8 Å². The molecular weight excluding hydrogens is 318 g/mol. The molecule has 0 saturated carbocycles. The Bertz CT molecular complexity index is 594. The van der Waals surface area contributed by atoms with Gasteiger partial charge >= 0.3 is 0 Å². The van der Waals surface area contributed by atoms with Gasteiger partial charge in [-0.25, -0.2) is 10.9 Å². The van der Waals surface area contributed by atoms with Crippen LogP contribution < -0.4 is 16.2 Å². The third-order valence-corrected chi connectivity index (χ3v) is 4.92. The maximum Gasteiger partial charge on any atom is 0.244 e. The Morgan fingerprint density at radius 2 is 2.08 bits per heavy atom. The smallest absolute Gasteiger partial charge is 0.244 e. The first-order chi connectivity index (χ1) is 12.2. The SMILES string of the molecule is CCCC(=O)N1CCCCC1C(=O)NC1CC(c2ccncc2)NN1. The first-order valence-corrected chi connectivity index (χ1v) is 9.20. The largest absolute Gasteiger partial charge is 0.338 e. The van der Waals surface area contributed by atoms with Gasteiger partial charge in [-0.3, -0.25) is 14.6 Å². The van der Waals surface area contributed by atoms with Gasteiger partial charge in [-0.15, -0.1) is 0 Å². The number of piperidine rings is 1. The molecule has 7 nitrogen and oxygen atoms in total. The number of rotatable bonds is 5. The molecule has 2 aliphatic heterocycles. The highest BCUT2D eigenvalue weighted by molar-refractivity contribution is 5.88. The van der Waals surface area contributed by atoms with E-state index in [2.05, 4.69) is 21.2 Å². The molecule has 2 fully saturated rings. The number of hydrogen-bond donors (Lipinski definition) is 3. The summed E-state index contributed by atoms with van der Waals surface area (Å²) in [6.07, 6.45) is 8.18. The second-order valence-electron chi connectivity index (χ2n) is 6.77. The van der Waals surface area contributed by atoms with Gasteiger partial charge in [0.15, 0.2) is 0 Å². The van der Waals surface area contributed by atoms with E-state index in [1.165, 1.54) is 0 Å². The van der Waals surface area contributed by atoms with E-state index in [0.29, 0.717) is 13.0 Å². The van der Waals surface area contributed by atoms with E-state index in [9.17, 15) is 9.59 Å². The van der Waals surface area contributed by atoms with Crippen molar-refractivity contribution in [1.29, 1.82) is 0 Å². The monoisotopic (exact) mass is 345 g/mol. The highest BCUT2D eigenvalue weighted by atomic mass is 16.2. The maximum atomic E-state index is 12.7. The van der Waals surface area contributed by atoms with Crippen LogP contribution in [0.2, 0.25) is 0 Å². The highest BCUT2D eigenvalue weighted by Crippen LogP contribution is 2.22. The molecule has 0 aliphatic carbocycles. The van der Waals surface area contributed by atoms with Gasteiger partial charge in [0.25, 0.3) is 0 Å². The van der Waals surface area contributed by atoms with Gasteiger partial charge in [0.2, 0.25) is 11.8 Å². The molecule has 1 aromatic rings. The van der Waals surface area contributed by atoms with Crippen LogP contribution in [0.4, 0.5) is 0 Å². The van der Waals surface area contributed by atoms with E-state index in [1.54, 1.807) is 17.3 Å². The van der Waals surface area contributed by atoms with Crippen molar-refractivity contribution in [2.75, 3.05) is 6.54 Å². The van der Waals surface area contributed by atoms with E-state index < -0.39 is 0 Å². The van der Waals surface area contributed by atoms with Gasteiger partial charge in [-0.2, -0.15) is 0 Å². The molecule has 0 bridgehead atoms. The molecule has 0 radical (unpaired) electrons. The summed E-state index contributed by atoms with van der Waals surface area (Å²) < 4.78 is 0. The molecular formula is C18H27N5O2. The third kappa shape index (κ3) is 4.35. The molecule has 3 atom stereocenters. The number of hydrogen-bond acceptors (Lipinski definition) is 5. The number of carbonyl (C=O) groups is 2. The fourth-order valence-corrected chi connectivity index (χ4v) is 3.59. The molecule has 7 heteroatoms. The first-order valence-electron chi connectivity index (χ1n) is 9.20. The van der Waals surface area contributed by atoms with Crippen LogP contribution in [0.15, 0.2) is 24.5 Å². The van der Waals surface area contributed by atoms with Gasteiger partial charge in [0.05, 0.1) is 6.17 Å². The van der Waals surface area contributed by atoms with Crippen molar-refractivity contribution in [1.82, 2.24) is 26.1 Å². The number of hydrazine groups is 1. The number of likely N-dealkylation sites (tertiary alicyclic amines) is 1. The van der Waals surface area contributed by atoms with Gasteiger partial charge < -0.3 is 10.2 Å². The predicted octanol–water partition coefficient (Wildman–Crippen LogP) is 1.24. The Labute approximate surface area is 148 Å². The normalized spacial score (nSPS) is 26.4. The zero-order chi connectivity index (χ0) is 17.6. The fourth-order valence-electron chi connectivity index (χ4n) is 3.59. The summed E-state index contributed by atoms with van der Waals surface area (Å²) in [4.78, 5) is 30.8. The minimum absolute atomic E-state index is 0.0566. The van der Waals surface area contributed by atoms with Crippen molar-refractivity contribution in [2.45, 2.75) is 63.7 Å². The third-order valence-electron chi connectivity index (χ3n) is 4.92. The lowest BCUT2D eigenvalue weighted by Crippen LogP contribution is -2.55. The van der Waals surface area contributed by atoms with Crippen LogP contribution in [0.3, 0.4) is 0 Å². The number of nitrogens with zero attached hydrogens (tertiary/aromatic N) is 2. The Balaban J connectivity index is 1.57. The summed E-state index contributed by atoms with van der Waals surface area (Å²) in [5.41, 5.74) is 7.49. The van der Waals surface area contributed by atoms with Crippen LogP contribution in [0, 0.1) is 0 Å². The number of pyridine rings is 1. The van der Waals surface area contributed by atoms with Crippen LogP contribution in [0.25, 0.3) is 0 Å². The summed E-state index contributed by atoms with van der Waals surface area (Å²) >= 11 is 0. The summed E-state index contributed by atoms with van der Waals surface area (Å²) in [5.74, 6) is 0.0355. The topological polar surface area (TPSA) is 86.4 Å². The average Bonchev–Trinajstić information content (AvgIpc) is 3.11. The summed E-state index contributed by atoms with van der Waals surface area (Å²) in [7, 11) is 0. The Hall–Kier alpha value is -1.99. The molecule has 2 amide bonds. The number of nitrogens with one attached hydrogen (secondary N) is 3. The molecule has 3 N–H and O–H groups in total. The van der Waals surface area contributed by atoms with E-state index in [1.807, 2.05) is 19.1 Å². The van der Waals surface area contributed by atoms with Gasteiger partial charge in [-0.1, -0.05) is 6.92 Å². The van der Waals surface area contributed by atoms with Crippen molar-refractivity contribution < 1.29 is 9.59 Å². The first kappa shape index (κ1) is 17.8. The van der Waals surface area contributed by atoms with Gasteiger partial charge in [0.1, 0.15) is 6.04 Å². The molecule has 3 rings (SSSR count). The summed E-state index contributed by atoms with van der Waals surface area (Å²) in [6.45, 7) is 2.68.